The zero-order valence-electron chi connectivity index (χ0n) is 18.8. The first-order valence-electron chi connectivity index (χ1n) is 10.1. The number of nitrogens with one attached hydrogen (secondary N) is 2. The lowest BCUT2D eigenvalue weighted by Crippen LogP contribution is -3.05. The number of aryl methyl sites for hydroxylation is 1. The zero-order valence-corrected chi connectivity index (χ0v) is 19.6. The summed E-state index contributed by atoms with van der Waals surface area (Å²) >= 11 is 0. The van der Waals surface area contributed by atoms with Crippen LogP contribution in [0.2, 0.25) is 0 Å². The van der Waals surface area contributed by atoms with Gasteiger partial charge >= 0.3 is 0 Å². The molecule has 2 aromatic carbocycles. The molecule has 0 aliphatic heterocycles. The van der Waals surface area contributed by atoms with E-state index in [1.807, 2.05) is 33.2 Å². The van der Waals surface area contributed by atoms with E-state index >= 15 is 0 Å². The van der Waals surface area contributed by atoms with Crippen LogP contribution in [0.1, 0.15) is 12.0 Å². The van der Waals surface area contributed by atoms with Gasteiger partial charge in [0.15, 0.2) is 11.5 Å². The molecule has 1 amide bonds. The molecule has 0 aliphatic carbocycles. The summed E-state index contributed by atoms with van der Waals surface area (Å²) in [7, 11) is 2.96. The van der Waals surface area contributed by atoms with Gasteiger partial charge in [-0.05, 0) is 31.2 Å². The van der Waals surface area contributed by atoms with E-state index in [1.54, 1.807) is 12.1 Å². The Morgan fingerprint density at radius 3 is 2.26 bits per heavy atom. The Morgan fingerprint density at radius 1 is 1.03 bits per heavy atom. The topological polar surface area (TPSA) is 89.4 Å². The number of methoxy groups -OCH3 is 2. The Hall–Kier alpha value is -2.78. The number of ether oxygens (including phenoxy) is 2. The predicted molar refractivity (Wildman–Crippen MR) is 121 cm³/mol. The molecule has 0 unspecified atom stereocenters. The van der Waals surface area contributed by atoms with Crippen LogP contribution in [0.15, 0.2) is 47.4 Å². The number of rotatable bonds is 11. The predicted octanol–water partition coefficient (Wildman–Crippen LogP) is 0.858. The summed E-state index contributed by atoms with van der Waals surface area (Å²) in [6.07, 6.45) is 0.807. The summed E-state index contributed by atoms with van der Waals surface area (Å²) in [6.45, 7) is 2.99. The maximum atomic E-state index is 13.5. The highest BCUT2D eigenvalue weighted by molar-refractivity contribution is 7.92. The number of amides is 1. The molecule has 170 valence electrons. The van der Waals surface area contributed by atoms with Gasteiger partial charge in [0.05, 0.1) is 45.4 Å². The van der Waals surface area contributed by atoms with Crippen molar-refractivity contribution in [3.8, 4) is 11.5 Å². The first kappa shape index (κ1) is 24.5. The number of nitrogens with zero attached hydrogens (tertiary/aromatic N) is 1. The molecule has 0 bridgehead atoms. The second-order valence-corrected chi connectivity index (χ2v) is 9.39. The third-order valence-electron chi connectivity index (χ3n) is 4.73. The van der Waals surface area contributed by atoms with Crippen LogP contribution >= 0.6 is 0 Å². The molecule has 0 saturated heterocycles. The van der Waals surface area contributed by atoms with Crippen molar-refractivity contribution >= 4 is 21.6 Å². The lowest BCUT2D eigenvalue weighted by molar-refractivity contribution is -0.858. The molecule has 0 saturated carbocycles. The molecule has 0 radical (unpaired) electrons. The van der Waals surface area contributed by atoms with E-state index < -0.39 is 10.0 Å². The van der Waals surface area contributed by atoms with Crippen LogP contribution in [0.5, 0.6) is 11.5 Å². The highest BCUT2D eigenvalue weighted by Crippen LogP contribution is 2.32. The average molecular weight is 451 g/mol. The molecule has 2 N–H and O–H groups in total. The van der Waals surface area contributed by atoms with Gasteiger partial charge < -0.3 is 19.7 Å². The largest absolute Gasteiger partial charge is 0.493 e. The quantitative estimate of drug-likeness (QED) is 0.496. The van der Waals surface area contributed by atoms with Crippen molar-refractivity contribution in [3.63, 3.8) is 0 Å². The zero-order chi connectivity index (χ0) is 23.0. The molecule has 0 fully saturated rings. The monoisotopic (exact) mass is 450 g/mol. The van der Waals surface area contributed by atoms with Gasteiger partial charge in [0.2, 0.25) is 5.91 Å². The summed E-state index contributed by atoms with van der Waals surface area (Å²) in [5.41, 5.74) is 1.40. The normalized spacial score (nSPS) is 11.3. The minimum absolute atomic E-state index is 0.00901. The molecule has 31 heavy (non-hydrogen) atoms. The van der Waals surface area contributed by atoms with Crippen molar-refractivity contribution in [2.45, 2.75) is 18.2 Å². The number of quaternary nitrogens is 1. The van der Waals surface area contributed by atoms with E-state index in [2.05, 4.69) is 5.32 Å². The fourth-order valence-electron chi connectivity index (χ4n) is 2.99. The molecular weight excluding hydrogens is 418 g/mol. The molecule has 0 aliphatic rings. The second-order valence-electron chi connectivity index (χ2n) is 7.52. The van der Waals surface area contributed by atoms with Crippen LogP contribution in [-0.2, 0) is 14.8 Å². The second kappa shape index (κ2) is 11.0. The summed E-state index contributed by atoms with van der Waals surface area (Å²) in [5, 5.41) is 2.81. The first-order chi connectivity index (χ1) is 14.7. The molecule has 0 aromatic heterocycles. The van der Waals surface area contributed by atoms with Gasteiger partial charge in [-0.3, -0.25) is 9.10 Å². The maximum absolute atomic E-state index is 13.5. The third kappa shape index (κ3) is 6.60. The molecule has 2 rings (SSSR count). The molecular formula is C22H32N3O5S+. The molecule has 0 heterocycles. The van der Waals surface area contributed by atoms with Gasteiger partial charge in [-0.15, -0.1) is 0 Å². The number of anilines is 1. The number of hydrogen-bond donors (Lipinski definition) is 2. The van der Waals surface area contributed by atoms with Gasteiger partial charge in [0.25, 0.3) is 10.0 Å². The highest BCUT2D eigenvalue weighted by atomic mass is 32.2. The van der Waals surface area contributed by atoms with E-state index in [9.17, 15) is 13.2 Å². The summed E-state index contributed by atoms with van der Waals surface area (Å²) in [5.74, 6) is 0.352. The van der Waals surface area contributed by atoms with Crippen molar-refractivity contribution < 1.29 is 27.6 Å². The van der Waals surface area contributed by atoms with Crippen molar-refractivity contribution in [1.82, 2.24) is 5.32 Å². The fourth-order valence-corrected chi connectivity index (χ4v) is 4.42. The van der Waals surface area contributed by atoms with Gasteiger partial charge in [-0.2, -0.15) is 0 Å². The summed E-state index contributed by atoms with van der Waals surface area (Å²) in [4.78, 5) is 13.9. The molecule has 0 atom stereocenters. The van der Waals surface area contributed by atoms with Crippen LogP contribution < -0.4 is 24.0 Å². The Kier molecular flexibility index (Phi) is 8.70. The van der Waals surface area contributed by atoms with Gasteiger partial charge in [0, 0.05) is 19.0 Å². The fraction of sp³-hybridized carbons (Fsp3) is 0.409. The maximum Gasteiger partial charge on any atom is 0.264 e. The molecule has 9 heteroatoms. The number of benzene rings is 2. The number of carbonyl (C=O) groups excluding carboxylic acids is 1. The van der Waals surface area contributed by atoms with Crippen molar-refractivity contribution in [1.29, 1.82) is 0 Å². The van der Waals surface area contributed by atoms with E-state index in [1.165, 1.54) is 37.3 Å². The van der Waals surface area contributed by atoms with Crippen molar-refractivity contribution in [2.24, 2.45) is 0 Å². The van der Waals surface area contributed by atoms with E-state index in [4.69, 9.17) is 9.47 Å². The van der Waals surface area contributed by atoms with E-state index in [-0.39, 0.29) is 17.3 Å². The van der Waals surface area contributed by atoms with Crippen molar-refractivity contribution in [2.75, 3.05) is 52.3 Å². The Labute approximate surface area is 184 Å². The lowest BCUT2D eigenvalue weighted by atomic mass is 10.2. The van der Waals surface area contributed by atoms with Gasteiger partial charge in [-0.1, -0.05) is 17.7 Å². The number of sulfonamides is 1. The Morgan fingerprint density at radius 2 is 1.68 bits per heavy atom. The average Bonchev–Trinajstić information content (AvgIpc) is 2.75. The van der Waals surface area contributed by atoms with E-state index in [0.29, 0.717) is 23.7 Å². The summed E-state index contributed by atoms with van der Waals surface area (Å²) < 4.78 is 38.5. The van der Waals surface area contributed by atoms with E-state index in [0.717, 1.165) is 22.8 Å². The van der Waals surface area contributed by atoms with Gasteiger partial charge in [0.1, 0.15) is 6.54 Å². The lowest BCUT2D eigenvalue weighted by Gasteiger charge is -2.24. The Balaban J connectivity index is 2.33. The molecule has 2 aromatic rings. The smallest absolute Gasteiger partial charge is 0.264 e. The number of carbonyl (C=O) groups is 1. The minimum Gasteiger partial charge on any atom is -0.493 e. The molecule has 0 spiro atoms. The van der Waals surface area contributed by atoms with Crippen molar-refractivity contribution in [3.05, 3.63) is 48.0 Å². The standard InChI is InChI=1S/C22H31N3O5S/c1-17-7-9-18(10-8-17)25(16-22(26)23-13-6-14-24(2)3)31(27,28)19-11-12-20(29-4)21(15-19)30-5/h7-12,15H,6,13-14,16H2,1-5H3,(H,23,26)/p+1. The van der Waals surface area contributed by atoms with Crippen LogP contribution in [-0.4, -0.2) is 62.3 Å². The first-order valence-corrected chi connectivity index (χ1v) is 11.5. The summed E-state index contributed by atoms with van der Waals surface area (Å²) in [6, 6.07) is 11.4. The minimum atomic E-state index is -4.03. The third-order valence-corrected chi connectivity index (χ3v) is 6.50. The van der Waals surface area contributed by atoms with Gasteiger partial charge in [-0.25, -0.2) is 8.42 Å². The SMILES string of the molecule is COc1ccc(S(=O)(=O)N(CC(=O)NCCC[NH+](C)C)c2ccc(C)cc2)cc1OC. The van der Waals surface area contributed by atoms with Crippen LogP contribution in [0, 0.1) is 6.92 Å². The molecule has 8 nitrogen and oxygen atoms in total. The number of hydrogen-bond acceptors (Lipinski definition) is 5. The highest BCUT2D eigenvalue weighted by Gasteiger charge is 2.28. The van der Waals surface area contributed by atoms with Crippen LogP contribution in [0.25, 0.3) is 0 Å². The van der Waals surface area contributed by atoms with Crippen LogP contribution in [0.4, 0.5) is 5.69 Å². The van der Waals surface area contributed by atoms with Crippen LogP contribution in [0.3, 0.4) is 0 Å². The Bertz CT molecular complexity index is 975.